The van der Waals surface area contributed by atoms with Crippen LogP contribution in [0.5, 0.6) is 5.75 Å². The van der Waals surface area contributed by atoms with Gasteiger partial charge in [-0.3, -0.25) is 4.57 Å². The summed E-state index contributed by atoms with van der Waals surface area (Å²) in [5.74, 6) is 0.660. The third-order valence-electron chi connectivity index (χ3n) is 6.21. The molecule has 156 valence electrons. The first kappa shape index (κ1) is 18.9. The van der Waals surface area contributed by atoms with Crippen LogP contribution in [0.4, 0.5) is 0 Å². The molecule has 0 unspecified atom stereocenters. The second kappa shape index (κ2) is 7.28. The van der Waals surface area contributed by atoms with Gasteiger partial charge in [0.2, 0.25) is 0 Å². The third-order valence-corrected chi connectivity index (χ3v) is 6.21. The minimum atomic E-state index is -0.0329. The average Bonchev–Trinajstić information content (AvgIpc) is 3.35. The number of benzene rings is 1. The van der Waals surface area contributed by atoms with Crippen molar-refractivity contribution in [3.63, 3.8) is 0 Å². The van der Waals surface area contributed by atoms with Crippen molar-refractivity contribution in [2.24, 2.45) is 0 Å². The number of nitrogens with one attached hydrogen (secondary N) is 1. The molecule has 1 aliphatic heterocycles. The number of piperidine rings is 1. The van der Waals surface area contributed by atoms with Gasteiger partial charge in [0.1, 0.15) is 6.33 Å². The zero-order valence-corrected chi connectivity index (χ0v) is 17.5. The Labute approximate surface area is 174 Å². The Morgan fingerprint density at radius 2 is 1.97 bits per heavy atom. The summed E-state index contributed by atoms with van der Waals surface area (Å²) in [6.07, 6.45) is 5.41. The topological polar surface area (TPSA) is 80.5 Å². The van der Waals surface area contributed by atoms with Crippen LogP contribution in [-0.2, 0) is 0 Å². The lowest BCUT2D eigenvalue weighted by atomic mass is 10.0. The summed E-state index contributed by atoms with van der Waals surface area (Å²) in [5, 5.41) is 4.23. The predicted molar refractivity (Wildman–Crippen MR) is 116 cm³/mol. The van der Waals surface area contributed by atoms with E-state index in [0.717, 1.165) is 48.1 Å². The van der Waals surface area contributed by atoms with E-state index in [1.807, 2.05) is 35.0 Å². The summed E-state index contributed by atoms with van der Waals surface area (Å²) >= 11 is 0. The maximum atomic E-state index is 12.8. The van der Waals surface area contributed by atoms with E-state index in [1.165, 1.54) is 6.33 Å². The van der Waals surface area contributed by atoms with Crippen molar-refractivity contribution < 1.29 is 4.74 Å². The molecule has 0 radical (unpaired) electrons. The minimum absolute atomic E-state index is 0.0329. The second-order valence-corrected chi connectivity index (χ2v) is 8.22. The van der Waals surface area contributed by atoms with Gasteiger partial charge in [0.15, 0.2) is 11.4 Å². The van der Waals surface area contributed by atoms with Crippen molar-refractivity contribution in [2.45, 2.75) is 38.8 Å². The highest BCUT2D eigenvalue weighted by Crippen LogP contribution is 2.30. The number of aromatic nitrogens is 5. The maximum absolute atomic E-state index is 12.8. The van der Waals surface area contributed by atoms with Crippen LogP contribution in [0.25, 0.3) is 27.8 Å². The molecule has 0 atom stereocenters. The number of imidazole rings is 1. The summed E-state index contributed by atoms with van der Waals surface area (Å²) < 4.78 is 9.12. The van der Waals surface area contributed by atoms with Crippen LogP contribution in [0.3, 0.4) is 0 Å². The number of ether oxygens (including phenoxy) is 1. The highest BCUT2D eigenvalue weighted by Gasteiger charge is 2.24. The van der Waals surface area contributed by atoms with E-state index in [1.54, 1.807) is 11.6 Å². The fourth-order valence-corrected chi connectivity index (χ4v) is 4.54. The van der Waals surface area contributed by atoms with Crippen LogP contribution in [0, 0.1) is 0 Å². The fraction of sp³-hybridized carbons (Fsp3) is 0.409. The maximum Gasteiger partial charge on any atom is 0.326 e. The molecule has 8 heteroatoms. The zero-order valence-electron chi connectivity index (χ0n) is 17.5. The van der Waals surface area contributed by atoms with Crippen molar-refractivity contribution >= 4 is 16.7 Å². The molecule has 4 heterocycles. The molecule has 8 nitrogen and oxygen atoms in total. The van der Waals surface area contributed by atoms with Gasteiger partial charge in [0.05, 0.1) is 18.1 Å². The molecule has 0 spiro atoms. The largest absolute Gasteiger partial charge is 0.493 e. The molecule has 0 amide bonds. The van der Waals surface area contributed by atoms with E-state index in [4.69, 9.17) is 4.74 Å². The summed E-state index contributed by atoms with van der Waals surface area (Å²) in [7, 11) is 1.62. The standard InChI is InChI=1S/C22H26N6O2/c1-14(2)26-8-6-17(7-9-26)28-19-5-4-15(10-18(19)25-22(28)29)16-11-20(30-3)21-23-13-24-27(21)12-16/h4-5,10-14,17H,6-9H2,1-3H3,(H,25,29). The number of H-pyrrole nitrogens is 1. The van der Waals surface area contributed by atoms with Gasteiger partial charge in [-0.15, -0.1) is 0 Å². The van der Waals surface area contributed by atoms with Crippen LogP contribution < -0.4 is 10.4 Å². The SMILES string of the molecule is COc1cc(-c2ccc3c(c2)[nH]c(=O)n3C2CCN(C(C)C)CC2)cn2ncnc12. The molecule has 0 aliphatic carbocycles. The molecule has 1 saturated heterocycles. The van der Waals surface area contributed by atoms with Crippen molar-refractivity contribution in [3.05, 3.63) is 47.3 Å². The van der Waals surface area contributed by atoms with Crippen molar-refractivity contribution in [1.82, 2.24) is 29.0 Å². The van der Waals surface area contributed by atoms with Crippen LogP contribution >= 0.6 is 0 Å². The molecule has 3 aromatic heterocycles. The first-order valence-electron chi connectivity index (χ1n) is 10.4. The molecule has 1 N–H and O–H groups in total. The molecular formula is C22H26N6O2. The van der Waals surface area contributed by atoms with Crippen molar-refractivity contribution in [2.75, 3.05) is 20.2 Å². The van der Waals surface area contributed by atoms with Gasteiger partial charge in [0, 0.05) is 36.9 Å². The van der Waals surface area contributed by atoms with Crippen LogP contribution in [-0.4, -0.2) is 55.3 Å². The average molecular weight is 406 g/mol. The van der Waals surface area contributed by atoms with Gasteiger partial charge in [0.25, 0.3) is 0 Å². The number of methoxy groups -OCH3 is 1. The lowest BCUT2D eigenvalue weighted by Crippen LogP contribution is -2.40. The Hall–Kier alpha value is -3.13. The molecule has 0 bridgehead atoms. The number of nitrogens with zero attached hydrogens (tertiary/aromatic N) is 5. The molecule has 0 saturated carbocycles. The predicted octanol–water partition coefficient (Wildman–Crippen LogP) is 3.09. The van der Waals surface area contributed by atoms with Crippen LogP contribution in [0.15, 0.2) is 41.6 Å². The Bertz CT molecular complexity index is 1260. The van der Waals surface area contributed by atoms with E-state index in [9.17, 15) is 4.79 Å². The number of fused-ring (bicyclic) bond motifs is 2. The number of likely N-dealkylation sites (tertiary alicyclic amines) is 1. The number of hydrogen-bond acceptors (Lipinski definition) is 5. The first-order chi connectivity index (χ1) is 14.5. The Balaban J connectivity index is 1.52. The van der Waals surface area contributed by atoms with Gasteiger partial charge >= 0.3 is 5.69 Å². The van der Waals surface area contributed by atoms with Gasteiger partial charge in [-0.05, 0) is 50.5 Å². The lowest BCUT2D eigenvalue weighted by Gasteiger charge is -2.35. The summed E-state index contributed by atoms with van der Waals surface area (Å²) in [4.78, 5) is 22.6. The molecule has 30 heavy (non-hydrogen) atoms. The summed E-state index contributed by atoms with van der Waals surface area (Å²) in [6.45, 7) is 6.51. The van der Waals surface area contributed by atoms with Crippen molar-refractivity contribution in [1.29, 1.82) is 0 Å². The van der Waals surface area contributed by atoms with Crippen LogP contribution in [0.2, 0.25) is 0 Å². The number of hydrogen-bond donors (Lipinski definition) is 1. The molecular weight excluding hydrogens is 380 g/mol. The smallest absolute Gasteiger partial charge is 0.326 e. The van der Waals surface area contributed by atoms with Gasteiger partial charge in [-0.25, -0.2) is 14.3 Å². The van der Waals surface area contributed by atoms with E-state index in [0.29, 0.717) is 17.4 Å². The van der Waals surface area contributed by atoms with Gasteiger partial charge < -0.3 is 14.6 Å². The third kappa shape index (κ3) is 3.08. The summed E-state index contributed by atoms with van der Waals surface area (Å²) in [5.41, 5.74) is 4.39. The quantitative estimate of drug-likeness (QED) is 0.563. The monoisotopic (exact) mass is 406 g/mol. The number of pyridine rings is 1. The zero-order chi connectivity index (χ0) is 20.8. The van der Waals surface area contributed by atoms with Gasteiger partial charge in [-0.2, -0.15) is 5.10 Å². The molecule has 5 rings (SSSR count). The van der Waals surface area contributed by atoms with E-state index in [2.05, 4.69) is 33.8 Å². The van der Waals surface area contributed by atoms with Crippen LogP contribution in [0.1, 0.15) is 32.7 Å². The Kier molecular flexibility index (Phi) is 4.58. The highest BCUT2D eigenvalue weighted by molar-refractivity contribution is 5.83. The van der Waals surface area contributed by atoms with E-state index in [-0.39, 0.29) is 11.7 Å². The van der Waals surface area contributed by atoms with Gasteiger partial charge in [-0.1, -0.05) is 6.07 Å². The second-order valence-electron chi connectivity index (χ2n) is 8.22. The normalized spacial score (nSPS) is 16.1. The molecule has 1 fully saturated rings. The molecule has 4 aromatic rings. The van der Waals surface area contributed by atoms with Crippen molar-refractivity contribution in [3.8, 4) is 16.9 Å². The Morgan fingerprint density at radius 3 is 2.70 bits per heavy atom. The minimum Gasteiger partial charge on any atom is -0.493 e. The number of aromatic amines is 1. The number of rotatable bonds is 4. The first-order valence-corrected chi connectivity index (χ1v) is 10.4. The van der Waals surface area contributed by atoms with E-state index < -0.39 is 0 Å². The summed E-state index contributed by atoms with van der Waals surface area (Å²) in [6, 6.07) is 8.84. The highest BCUT2D eigenvalue weighted by atomic mass is 16.5. The van der Waals surface area contributed by atoms with E-state index >= 15 is 0 Å². The lowest BCUT2D eigenvalue weighted by molar-refractivity contribution is 0.152. The molecule has 1 aliphatic rings. The molecule has 1 aromatic carbocycles. The fourth-order valence-electron chi connectivity index (χ4n) is 4.54. The Morgan fingerprint density at radius 1 is 1.17 bits per heavy atom.